The van der Waals surface area contributed by atoms with Crippen LogP contribution in [0.2, 0.25) is 0 Å². The Labute approximate surface area is 146 Å². The minimum atomic E-state index is -0.817. The lowest BCUT2D eigenvalue weighted by atomic mass is 9.80. The second-order valence-electron chi connectivity index (χ2n) is 7.58. The summed E-state index contributed by atoms with van der Waals surface area (Å²) < 4.78 is 5.33. The minimum Gasteiger partial charge on any atom is -0.339 e. The molecule has 8 heteroatoms. The van der Waals surface area contributed by atoms with E-state index in [2.05, 4.69) is 20.4 Å². The number of likely N-dealkylation sites (tertiary alicyclic amines) is 1. The highest BCUT2D eigenvalue weighted by Gasteiger charge is 2.52. The first kappa shape index (κ1) is 16.5. The Morgan fingerprint density at radius 1 is 1.32 bits per heavy atom. The van der Waals surface area contributed by atoms with E-state index in [9.17, 15) is 9.59 Å². The van der Waals surface area contributed by atoms with Crippen LogP contribution < -0.4 is 5.32 Å². The Balaban J connectivity index is 1.43. The van der Waals surface area contributed by atoms with Gasteiger partial charge in [0, 0.05) is 24.9 Å². The average Bonchev–Trinajstić information content (AvgIpc) is 3.30. The van der Waals surface area contributed by atoms with Gasteiger partial charge >= 0.3 is 6.03 Å². The van der Waals surface area contributed by atoms with E-state index >= 15 is 0 Å². The van der Waals surface area contributed by atoms with E-state index in [1.54, 1.807) is 0 Å². The molecular formula is C17H25N5O3. The molecule has 2 aliphatic heterocycles. The van der Waals surface area contributed by atoms with E-state index in [-0.39, 0.29) is 17.9 Å². The number of rotatable bonds is 5. The van der Waals surface area contributed by atoms with E-state index in [0.29, 0.717) is 24.8 Å². The van der Waals surface area contributed by atoms with E-state index in [0.717, 1.165) is 44.7 Å². The van der Waals surface area contributed by atoms with Crippen LogP contribution in [0.4, 0.5) is 4.79 Å². The third-order valence-corrected chi connectivity index (χ3v) is 5.71. The molecule has 1 aliphatic carbocycles. The predicted molar refractivity (Wildman–Crippen MR) is 88.6 cm³/mol. The van der Waals surface area contributed by atoms with Crippen molar-refractivity contribution in [2.75, 3.05) is 19.6 Å². The van der Waals surface area contributed by atoms with Gasteiger partial charge in [0.2, 0.25) is 5.89 Å². The van der Waals surface area contributed by atoms with E-state index in [1.807, 2.05) is 13.8 Å². The summed E-state index contributed by atoms with van der Waals surface area (Å²) in [6.07, 6.45) is 4.20. The molecule has 2 atom stereocenters. The fourth-order valence-corrected chi connectivity index (χ4v) is 3.98. The van der Waals surface area contributed by atoms with Gasteiger partial charge in [-0.3, -0.25) is 14.6 Å². The van der Waals surface area contributed by atoms with Gasteiger partial charge in [-0.1, -0.05) is 5.16 Å². The Hall–Kier alpha value is -1.96. The lowest BCUT2D eigenvalue weighted by molar-refractivity contribution is -0.133. The molecule has 1 aromatic rings. The lowest BCUT2D eigenvalue weighted by Crippen LogP contribution is -2.55. The van der Waals surface area contributed by atoms with Crippen LogP contribution in [0.25, 0.3) is 0 Å². The summed E-state index contributed by atoms with van der Waals surface area (Å²) in [5.41, 5.74) is -0.817. The van der Waals surface area contributed by atoms with Crippen LogP contribution in [0.5, 0.6) is 0 Å². The SMILES string of the molecule is CCN1C(=O)N[C@@](C)([C@@H]2CCCN(Cc3noc(C4CC4)n3)C2)C1=O. The van der Waals surface area contributed by atoms with Crippen LogP contribution in [-0.4, -0.2) is 57.1 Å². The maximum Gasteiger partial charge on any atom is 0.325 e. The van der Waals surface area contributed by atoms with Crippen LogP contribution in [-0.2, 0) is 11.3 Å². The molecule has 3 amide bonds. The Morgan fingerprint density at radius 3 is 2.80 bits per heavy atom. The predicted octanol–water partition coefficient (Wildman–Crippen LogP) is 1.49. The van der Waals surface area contributed by atoms with E-state index < -0.39 is 5.54 Å². The van der Waals surface area contributed by atoms with Gasteiger partial charge in [0.05, 0.1) is 6.54 Å². The normalized spacial score (nSPS) is 30.8. The zero-order chi connectivity index (χ0) is 17.6. The van der Waals surface area contributed by atoms with Crippen molar-refractivity contribution >= 4 is 11.9 Å². The molecule has 3 heterocycles. The Morgan fingerprint density at radius 2 is 2.12 bits per heavy atom. The van der Waals surface area contributed by atoms with Gasteiger partial charge in [0.25, 0.3) is 5.91 Å². The molecule has 25 heavy (non-hydrogen) atoms. The summed E-state index contributed by atoms with van der Waals surface area (Å²) in [5.74, 6) is 1.91. The quantitative estimate of drug-likeness (QED) is 0.812. The van der Waals surface area contributed by atoms with Crippen molar-refractivity contribution in [3.63, 3.8) is 0 Å². The molecule has 1 aromatic heterocycles. The van der Waals surface area contributed by atoms with Gasteiger partial charge < -0.3 is 9.84 Å². The Bertz CT molecular complexity index is 686. The summed E-state index contributed by atoms with van der Waals surface area (Å²) in [6.45, 7) is 6.40. The highest BCUT2D eigenvalue weighted by Crippen LogP contribution is 2.39. The van der Waals surface area contributed by atoms with Crippen molar-refractivity contribution < 1.29 is 14.1 Å². The number of aromatic nitrogens is 2. The third kappa shape index (κ3) is 2.92. The minimum absolute atomic E-state index is 0.0871. The maximum absolute atomic E-state index is 12.7. The molecular weight excluding hydrogens is 322 g/mol. The van der Waals surface area contributed by atoms with Crippen LogP contribution in [0.15, 0.2) is 4.52 Å². The number of hydrogen-bond donors (Lipinski definition) is 1. The van der Waals surface area contributed by atoms with E-state index in [1.165, 1.54) is 4.90 Å². The van der Waals surface area contributed by atoms with Gasteiger partial charge in [-0.15, -0.1) is 0 Å². The summed E-state index contributed by atoms with van der Waals surface area (Å²) in [5, 5.41) is 7.01. The molecule has 1 saturated carbocycles. The van der Waals surface area contributed by atoms with Crippen LogP contribution >= 0.6 is 0 Å². The van der Waals surface area contributed by atoms with Gasteiger partial charge in [-0.2, -0.15) is 4.98 Å². The molecule has 0 unspecified atom stereocenters. The monoisotopic (exact) mass is 347 g/mol. The fraction of sp³-hybridized carbons (Fsp3) is 0.765. The number of carbonyl (C=O) groups is 2. The van der Waals surface area contributed by atoms with Crippen molar-refractivity contribution in [3.05, 3.63) is 11.7 Å². The number of carbonyl (C=O) groups excluding carboxylic acids is 2. The second kappa shape index (κ2) is 6.09. The molecule has 1 N–H and O–H groups in total. The zero-order valence-corrected chi connectivity index (χ0v) is 14.8. The molecule has 0 spiro atoms. The number of nitrogens with one attached hydrogen (secondary N) is 1. The van der Waals surface area contributed by atoms with Gasteiger partial charge in [0.1, 0.15) is 5.54 Å². The smallest absolute Gasteiger partial charge is 0.325 e. The molecule has 136 valence electrons. The molecule has 2 saturated heterocycles. The standard InChI is InChI=1S/C17H25N5O3/c1-3-22-15(23)17(2,19-16(22)24)12-5-4-8-21(9-12)10-13-18-14(25-20-13)11-6-7-11/h11-12H,3-10H2,1-2H3,(H,19,24)/t12-,17+/m1/s1. The van der Waals surface area contributed by atoms with Crippen LogP contribution in [0.1, 0.15) is 57.2 Å². The lowest BCUT2D eigenvalue weighted by Gasteiger charge is -2.39. The highest BCUT2D eigenvalue weighted by molar-refractivity contribution is 6.07. The van der Waals surface area contributed by atoms with Crippen molar-refractivity contribution in [1.29, 1.82) is 0 Å². The average molecular weight is 347 g/mol. The molecule has 3 fully saturated rings. The number of piperidine rings is 1. The Kier molecular flexibility index (Phi) is 4.02. The molecule has 0 aromatic carbocycles. The number of imide groups is 1. The van der Waals surface area contributed by atoms with Gasteiger partial charge in [-0.05, 0) is 46.1 Å². The summed E-state index contributed by atoms with van der Waals surface area (Å²) in [4.78, 5) is 32.8. The first-order valence-electron chi connectivity index (χ1n) is 9.20. The van der Waals surface area contributed by atoms with Crippen LogP contribution in [0.3, 0.4) is 0 Å². The number of urea groups is 1. The largest absolute Gasteiger partial charge is 0.339 e. The third-order valence-electron chi connectivity index (χ3n) is 5.71. The maximum atomic E-state index is 12.7. The van der Waals surface area contributed by atoms with Crippen molar-refractivity contribution in [2.24, 2.45) is 5.92 Å². The van der Waals surface area contributed by atoms with Crippen molar-refractivity contribution in [2.45, 2.75) is 57.5 Å². The number of hydrogen-bond acceptors (Lipinski definition) is 6. The van der Waals surface area contributed by atoms with Gasteiger partial charge in [-0.25, -0.2) is 4.79 Å². The molecule has 4 rings (SSSR count). The second-order valence-corrected chi connectivity index (χ2v) is 7.58. The fourth-order valence-electron chi connectivity index (χ4n) is 3.98. The molecule has 0 radical (unpaired) electrons. The first-order valence-corrected chi connectivity index (χ1v) is 9.20. The van der Waals surface area contributed by atoms with Gasteiger partial charge in [0.15, 0.2) is 5.82 Å². The first-order chi connectivity index (χ1) is 12.0. The number of likely N-dealkylation sites (N-methyl/N-ethyl adjacent to an activating group) is 1. The molecule has 3 aliphatic rings. The van der Waals surface area contributed by atoms with Crippen molar-refractivity contribution in [1.82, 2.24) is 25.3 Å². The summed E-state index contributed by atoms with van der Waals surface area (Å²) in [7, 11) is 0. The zero-order valence-electron chi connectivity index (χ0n) is 14.8. The summed E-state index contributed by atoms with van der Waals surface area (Å²) in [6, 6.07) is -0.278. The molecule has 0 bridgehead atoms. The number of amides is 3. The molecule has 8 nitrogen and oxygen atoms in total. The van der Waals surface area contributed by atoms with Crippen molar-refractivity contribution in [3.8, 4) is 0 Å². The number of nitrogens with zero attached hydrogens (tertiary/aromatic N) is 4. The topological polar surface area (TPSA) is 91.6 Å². The summed E-state index contributed by atoms with van der Waals surface area (Å²) >= 11 is 0. The highest BCUT2D eigenvalue weighted by atomic mass is 16.5. The van der Waals surface area contributed by atoms with E-state index in [4.69, 9.17) is 4.52 Å². The van der Waals surface area contributed by atoms with Crippen LogP contribution in [0, 0.1) is 5.92 Å².